The molecule has 0 heterocycles. The van der Waals surface area contributed by atoms with E-state index in [-0.39, 0.29) is 5.91 Å². The topological polar surface area (TPSA) is 64.9 Å². The Morgan fingerprint density at radius 3 is 2.52 bits per heavy atom. The minimum absolute atomic E-state index is 0.213. The first kappa shape index (κ1) is 17.1. The van der Waals surface area contributed by atoms with Gasteiger partial charge in [0.05, 0.1) is 23.2 Å². The number of benzene rings is 2. The maximum Gasteiger partial charge on any atom is 0.246 e. The molecule has 0 aliphatic heterocycles. The Morgan fingerprint density at radius 2 is 1.91 bits per heavy atom. The lowest BCUT2D eigenvalue weighted by molar-refractivity contribution is -0.116. The number of carbonyl (C=O) groups excluding carboxylic acids is 1. The predicted octanol–water partition coefficient (Wildman–Crippen LogP) is 4.50. The van der Waals surface area contributed by atoms with Gasteiger partial charge in [0.25, 0.3) is 0 Å². The first-order valence-electron chi connectivity index (χ1n) is 6.98. The number of hydrogen-bond acceptors (Lipinski definition) is 3. The molecule has 1 amide bonds. The van der Waals surface area contributed by atoms with Crippen molar-refractivity contribution in [1.82, 2.24) is 0 Å². The Balaban J connectivity index is 1.98. The molecule has 6 heteroatoms. The molecule has 23 heavy (non-hydrogen) atoms. The first-order valence-corrected chi connectivity index (χ1v) is 7.73. The van der Waals surface area contributed by atoms with E-state index in [1.807, 2.05) is 24.3 Å². The van der Waals surface area contributed by atoms with Crippen molar-refractivity contribution in [2.24, 2.45) is 0 Å². The molecule has 4 nitrogen and oxygen atoms in total. The maximum atomic E-state index is 12.2. The van der Waals surface area contributed by atoms with Crippen LogP contribution in [0.4, 0.5) is 11.4 Å². The highest BCUT2D eigenvalue weighted by Crippen LogP contribution is 2.25. The van der Waals surface area contributed by atoms with Crippen LogP contribution in [-0.2, 0) is 11.2 Å². The van der Waals surface area contributed by atoms with Crippen LogP contribution in [0.3, 0.4) is 0 Å². The summed E-state index contributed by atoms with van der Waals surface area (Å²) in [6, 6.07) is 13.9. The van der Waals surface area contributed by atoms with Gasteiger partial charge < -0.3 is 10.6 Å². The monoisotopic (exact) mass is 347 g/mol. The van der Waals surface area contributed by atoms with Crippen LogP contribution in [0.2, 0.25) is 10.0 Å². The van der Waals surface area contributed by atoms with Gasteiger partial charge >= 0.3 is 0 Å². The lowest BCUT2D eigenvalue weighted by Crippen LogP contribution is -2.31. The minimum Gasteiger partial charge on any atom is -0.374 e. The van der Waals surface area contributed by atoms with E-state index in [9.17, 15) is 4.79 Å². The van der Waals surface area contributed by atoms with Gasteiger partial charge in [0.1, 0.15) is 6.04 Å². The summed E-state index contributed by atoms with van der Waals surface area (Å²) in [5.74, 6) is -0.213. The van der Waals surface area contributed by atoms with Gasteiger partial charge in [0.2, 0.25) is 5.91 Å². The third kappa shape index (κ3) is 4.88. The first-order chi connectivity index (χ1) is 11.0. The molecule has 2 aromatic rings. The summed E-state index contributed by atoms with van der Waals surface area (Å²) in [6.45, 7) is 1.75. The SMILES string of the molecule is CC(Nc1ccc(CC#N)cc1)C(=O)Nc1ccc(Cl)cc1Cl. The largest absolute Gasteiger partial charge is 0.374 e. The summed E-state index contributed by atoms with van der Waals surface area (Å²) in [4.78, 5) is 12.2. The van der Waals surface area contributed by atoms with Crippen molar-refractivity contribution in [1.29, 1.82) is 5.26 Å². The molecular weight excluding hydrogens is 333 g/mol. The van der Waals surface area contributed by atoms with E-state index in [0.717, 1.165) is 11.3 Å². The second kappa shape index (κ2) is 7.87. The molecule has 0 aliphatic carbocycles. The lowest BCUT2D eigenvalue weighted by atomic mass is 10.1. The van der Waals surface area contributed by atoms with E-state index in [2.05, 4.69) is 16.7 Å². The van der Waals surface area contributed by atoms with Crippen LogP contribution in [0.15, 0.2) is 42.5 Å². The number of nitrogens with one attached hydrogen (secondary N) is 2. The molecular formula is C17H15Cl2N3O. The Labute approximate surface area is 145 Å². The maximum absolute atomic E-state index is 12.2. The normalized spacial score (nSPS) is 11.4. The fourth-order valence-corrected chi connectivity index (χ4v) is 2.41. The van der Waals surface area contributed by atoms with E-state index < -0.39 is 6.04 Å². The van der Waals surface area contributed by atoms with Crippen molar-refractivity contribution >= 4 is 40.5 Å². The smallest absolute Gasteiger partial charge is 0.246 e. The van der Waals surface area contributed by atoms with Crippen molar-refractivity contribution in [3.05, 3.63) is 58.1 Å². The Kier molecular flexibility index (Phi) is 5.86. The van der Waals surface area contributed by atoms with Crippen LogP contribution in [-0.4, -0.2) is 11.9 Å². The molecule has 0 radical (unpaired) electrons. The molecule has 0 bridgehead atoms. The number of carbonyl (C=O) groups is 1. The Morgan fingerprint density at radius 1 is 1.22 bits per heavy atom. The van der Waals surface area contributed by atoms with Gasteiger partial charge in [-0.25, -0.2) is 0 Å². The summed E-state index contributed by atoms with van der Waals surface area (Å²) < 4.78 is 0. The standard InChI is InChI=1S/C17H15Cl2N3O/c1-11(21-14-5-2-12(3-6-14)8-9-20)17(23)22-16-7-4-13(18)10-15(16)19/h2-7,10-11,21H,8H2,1H3,(H,22,23). The van der Waals surface area contributed by atoms with Crippen molar-refractivity contribution in [3.63, 3.8) is 0 Å². The molecule has 2 N–H and O–H groups in total. The fourth-order valence-electron chi connectivity index (χ4n) is 1.96. The number of anilines is 2. The molecule has 0 saturated heterocycles. The van der Waals surface area contributed by atoms with Gasteiger partial charge in [-0.15, -0.1) is 0 Å². The molecule has 1 atom stereocenters. The molecule has 0 spiro atoms. The van der Waals surface area contributed by atoms with Gasteiger partial charge in [-0.3, -0.25) is 4.79 Å². The molecule has 118 valence electrons. The molecule has 2 aromatic carbocycles. The quantitative estimate of drug-likeness (QED) is 0.836. The van der Waals surface area contributed by atoms with Gasteiger partial charge in [0, 0.05) is 10.7 Å². The highest BCUT2D eigenvalue weighted by Gasteiger charge is 2.14. The van der Waals surface area contributed by atoms with Crippen molar-refractivity contribution in [2.45, 2.75) is 19.4 Å². The van der Waals surface area contributed by atoms with Gasteiger partial charge in [-0.2, -0.15) is 5.26 Å². The highest BCUT2D eigenvalue weighted by molar-refractivity contribution is 6.36. The van der Waals surface area contributed by atoms with Crippen LogP contribution in [0.5, 0.6) is 0 Å². The van der Waals surface area contributed by atoms with Crippen molar-refractivity contribution in [3.8, 4) is 6.07 Å². The van der Waals surface area contributed by atoms with Crippen LogP contribution < -0.4 is 10.6 Å². The average Bonchev–Trinajstić information content (AvgIpc) is 2.52. The van der Waals surface area contributed by atoms with Crippen molar-refractivity contribution < 1.29 is 4.79 Å². The summed E-state index contributed by atoms with van der Waals surface area (Å²) in [6.07, 6.45) is 0.366. The zero-order valence-electron chi connectivity index (χ0n) is 12.4. The zero-order chi connectivity index (χ0) is 16.8. The molecule has 0 saturated carbocycles. The van der Waals surface area contributed by atoms with Gasteiger partial charge in [-0.1, -0.05) is 35.3 Å². The number of nitrogens with zero attached hydrogens (tertiary/aromatic N) is 1. The third-order valence-electron chi connectivity index (χ3n) is 3.20. The molecule has 1 unspecified atom stereocenters. The summed E-state index contributed by atoms with van der Waals surface area (Å²) in [5.41, 5.74) is 2.25. The molecule has 0 aliphatic rings. The average molecular weight is 348 g/mol. The zero-order valence-corrected chi connectivity index (χ0v) is 13.9. The van der Waals surface area contributed by atoms with E-state index in [1.54, 1.807) is 25.1 Å². The van der Waals surface area contributed by atoms with Gasteiger partial charge in [0.15, 0.2) is 0 Å². The molecule has 0 aromatic heterocycles. The number of rotatable bonds is 5. The second-order valence-electron chi connectivity index (χ2n) is 5.01. The number of amides is 1. The summed E-state index contributed by atoms with van der Waals surface area (Å²) >= 11 is 11.9. The predicted molar refractivity (Wildman–Crippen MR) is 93.9 cm³/mol. The Hall–Kier alpha value is -2.22. The highest BCUT2D eigenvalue weighted by atomic mass is 35.5. The lowest BCUT2D eigenvalue weighted by Gasteiger charge is -2.16. The Bertz CT molecular complexity index is 738. The summed E-state index contributed by atoms with van der Waals surface area (Å²) in [5, 5.41) is 15.4. The van der Waals surface area contributed by atoms with E-state index in [0.29, 0.717) is 22.2 Å². The number of nitriles is 1. The van der Waals surface area contributed by atoms with Crippen LogP contribution in [0.1, 0.15) is 12.5 Å². The van der Waals surface area contributed by atoms with Crippen LogP contribution >= 0.6 is 23.2 Å². The van der Waals surface area contributed by atoms with Crippen LogP contribution in [0.25, 0.3) is 0 Å². The second-order valence-corrected chi connectivity index (χ2v) is 5.85. The van der Waals surface area contributed by atoms with Crippen molar-refractivity contribution in [2.75, 3.05) is 10.6 Å². The number of halogens is 2. The minimum atomic E-state index is -0.455. The fraction of sp³-hybridized carbons (Fsp3) is 0.176. The van der Waals surface area contributed by atoms with Crippen LogP contribution in [0, 0.1) is 11.3 Å². The van der Waals surface area contributed by atoms with E-state index in [1.165, 1.54) is 0 Å². The summed E-state index contributed by atoms with van der Waals surface area (Å²) in [7, 11) is 0. The molecule has 0 fully saturated rings. The third-order valence-corrected chi connectivity index (χ3v) is 3.75. The van der Waals surface area contributed by atoms with E-state index in [4.69, 9.17) is 28.5 Å². The van der Waals surface area contributed by atoms with E-state index >= 15 is 0 Å². The molecule has 2 rings (SSSR count). The van der Waals surface area contributed by atoms with Gasteiger partial charge in [-0.05, 0) is 42.8 Å². The number of hydrogen-bond donors (Lipinski definition) is 2.